The van der Waals surface area contributed by atoms with Gasteiger partial charge in [-0.1, -0.05) is 0 Å². The number of aromatic nitrogens is 1. The molecule has 1 aromatic rings. The lowest BCUT2D eigenvalue weighted by Crippen LogP contribution is -2.20. The SMILES string of the molecule is N#Cc1cc(N)c(S(=O)(=O)Cl)c(OC(F)(F)F)n1. The molecule has 0 saturated carbocycles. The smallest absolute Gasteiger partial charge is 0.397 e. The normalized spacial score (nSPS) is 11.9. The Morgan fingerprint density at radius 3 is 2.44 bits per heavy atom. The van der Waals surface area contributed by atoms with Crippen LogP contribution in [0.4, 0.5) is 18.9 Å². The van der Waals surface area contributed by atoms with E-state index in [-0.39, 0.29) is 0 Å². The molecular weight excluding hydrogens is 299 g/mol. The first-order valence-electron chi connectivity index (χ1n) is 3.95. The van der Waals surface area contributed by atoms with Crippen LogP contribution in [0.2, 0.25) is 0 Å². The molecular formula is C7H3ClF3N3O3S. The van der Waals surface area contributed by atoms with E-state index in [2.05, 4.69) is 9.72 Å². The molecule has 0 atom stereocenters. The number of ether oxygens (including phenoxy) is 1. The van der Waals surface area contributed by atoms with E-state index in [0.717, 1.165) is 6.07 Å². The molecule has 1 heterocycles. The monoisotopic (exact) mass is 301 g/mol. The van der Waals surface area contributed by atoms with Crippen molar-refractivity contribution < 1.29 is 26.3 Å². The molecule has 2 N–H and O–H groups in total. The largest absolute Gasteiger partial charge is 0.574 e. The summed E-state index contributed by atoms with van der Waals surface area (Å²) in [6, 6.07) is 2.16. The lowest BCUT2D eigenvalue weighted by atomic mass is 10.3. The van der Waals surface area contributed by atoms with Gasteiger partial charge < -0.3 is 10.5 Å². The molecule has 1 rings (SSSR count). The van der Waals surface area contributed by atoms with Gasteiger partial charge in [0.1, 0.15) is 11.8 Å². The Labute approximate surface area is 103 Å². The summed E-state index contributed by atoms with van der Waals surface area (Å²) < 4.78 is 61.7. The number of nitriles is 1. The summed E-state index contributed by atoms with van der Waals surface area (Å²) >= 11 is 0. The fraction of sp³-hybridized carbons (Fsp3) is 0.143. The number of hydrogen-bond donors (Lipinski definition) is 1. The van der Waals surface area contributed by atoms with Crippen LogP contribution in [-0.2, 0) is 9.05 Å². The maximum atomic E-state index is 12.1. The molecule has 0 amide bonds. The van der Waals surface area contributed by atoms with Crippen LogP contribution in [0.3, 0.4) is 0 Å². The number of halogens is 4. The highest BCUT2D eigenvalue weighted by molar-refractivity contribution is 8.14. The topological polar surface area (TPSA) is 106 Å². The second-order valence-electron chi connectivity index (χ2n) is 2.83. The van der Waals surface area contributed by atoms with Crippen LogP contribution in [0.1, 0.15) is 5.69 Å². The number of rotatable bonds is 2. The number of nitrogen functional groups attached to an aromatic ring is 1. The van der Waals surface area contributed by atoms with Crippen LogP contribution in [0.15, 0.2) is 11.0 Å². The first kappa shape index (κ1) is 14.3. The predicted molar refractivity (Wildman–Crippen MR) is 53.1 cm³/mol. The van der Waals surface area contributed by atoms with Gasteiger partial charge in [-0.3, -0.25) is 0 Å². The van der Waals surface area contributed by atoms with Gasteiger partial charge in [0.15, 0.2) is 4.90 Å². The molecule has 0 unspecified atom stereocenters. The molecule has 0 aromatic carbocycles. The van der Waals surface area contributed by atoms with Crippen molar-refractivity contribution in [2.75, 3.05) is 5.73 Å². The maximum Gasteiger partial charge on any atom is 0.574 e. The number of hydrogen-bond acceptors (Lipinski definition) is 6. The van der Waals surface area contributed by atoms with Crippen molar-refractivity contribution in [2.45, 2.75) is 11.3 Å². The Bertz CT molecular complexity index is 623. The van der Waals surface area contributed by atoms with Crippen LogP contribution in [-0.4, -0.2) is 19.8 Å². The molecule has 0 saturated heterocycles. The minimum atomic E-state index is -5.20. The summed E-state index contributed by atoms with van der Waals surface area (Å²) in [7, 11) is 0.304. The first-order valence-corrected chi connectivity index (χ1v) is 6.26. The lowest BCUT2D eigenvalue weighted by Gasteiger charge is -2.12. The number of anilines is 1. The predicted octanol–water partition coefficient (Wildman–Crippen LogP) is 1.36. The van der Waals surface area contributed by atoms with Gasteiger partial charge in [0, 0.05) is 10.7 Å². The van der Waals surface area contributed by atoms with E-state index in [1.165, 1.54) is 6.07 Å². The van der Waals surface area contributed by atoms with Gasteiger partial charge in [-0.15, -0.1) is 13.2 Å². The Hall–Kier alpha value is -1.73. The minimum Gasteiger partial charge on any atom is -0.397 e. The number of nitrogens with two attached hydrogens (primary N) is 1. The number of alkyl halides is 3. The number of pyridine rings is 1. The molecule has 0 aliphatic carbocycles. The maximum absolute atomic E-state index is 12.1. The van der Waals surface area contributed by atoms with E-state index in [4.69, 9.17) is 21.7 Å². The van der Waals surface area contributed by atoms with E-state index in [0.29, 0.717) is 0 Å². The summed E-state index contributed by atoms with van der Waals surface area (Å²) in [6.07, 6.45) is -5.20. The van der Waals surface area contributed by atoms with Gasteiger partial charge >= 0.3 is 6.36 Å². The highest BCUT2D eigenvalue weighted by atomic mass is 35.7. The fourth-order valence-corrected chi connectivity index (χ4v) is 2.11. The second-order valence-corrected chi connectivity index (χ2v) is 5.33. The van der Waals surface area contributed by atoms with Crippen molar-refractivity contribution in [1.82, 2.24) is 4.98 Å². The summed E-state index contributed by atoms with van der Waals surface area (Å²) in [6.45, 7) is 0. The van der Waals surface area contributed by atoms with Crippen LogP contribution >= 0.6 is 10.7 Å². The van der Waals surface area contributed by atoms with E-state index in [9.17, 15) is 21.6 Å². The minimum absolute atomic E-state index is 0.546. The fourth-order valence-electron chi connectivity index (χ4n) is 1.01. The van der Waals surface area contributed by atoms with Crippen molar-refractivity contribution in [3.05, 3.63) is 11.8 Å². The average Bonchev–Trinajstić information content (AvgIpc) is 2.11. The van der Waals surface area contributed by atoms with Gasteiger partial charge in [-0.2, -0.15) is 5.26 Å². The van der Waals surface area contributed by atoms with Crippen LogP contribution in [0.5, 0.6) is 5.88 Å². The van der Waals surface area contributed by atoms with Gasteiger partial charge in [-0.25, -0.2) is 13.4 Å². The van der Waals surface area contributed by atoms with E-state index >= 15 is 0 Å². The van der Waals surface area contributed by atoms with Crippen molar-refractivity contribution in [1.29, 1.82) is 5.26 Å². The van der Waals surface area contributed by atoms with Crippen molar-refractivity contribution >= 4 is 25.4 Å². The van der Waals surface area contributed by atoms with Gasteiger partial charge in [0.25, 0.3) is 9.05 Å². The van der Waals surface area contributed by atoms with E-state index < -0.39 is 37.6 Å². The van der Waals surface area contributed by atoms with Crippen molar-refractivity contribution in [2.24, 2.45) is 0 Å². The third-order valence-electron chi connectivity index (χ3n) is 1.54. The van der Waals surface area contributed by atoms with Gasteiger partial charge in [0.05, 0.1) is 5.69 Å². The average molecular weight is 302 g/mol. The standard InChI is InChI=1S/C7H3ClF3N3O3S/c8-18(15,16)5-4(13)1-3(2-12)14-6(5)17-7(9,10)11/h1H,(H2,13,14). The molecule has 0 aliphatic heterocycles. The van der Waals surface area contributed by atoms with Crippen molar-refractivity contribution in [3.8, 4) is 11.9 Å². The zero-order valence-corrected chi connectivity index (χ0v) is 9.77. The van der Waals surface area contributed by atoms with E-state index in [1.807, 2.05) is 0 Å². The third kappa shape index (κ3) is 3.38. The first-order chi connectivity index (χ1) is 8.04. The molecule has 6 nitrogen and oxygen atoms in total. The highest BCUT2D eigenvalue weighted by Gasteiger charge is 2.36. The molecule has 98 valence electrons. The van der Waals surface area contributed by atoms with E-state index in [1.54, 1.807) is 0 Å². The molecule has 18 heavy (non-hydrogen) atoms. The van der Waals surface area contributed by atoms with Gasteiger partial charge in [-0.05, 0) is 6.07 Å². The summed E-state index contributed by atoms with van der Waals surface area (Å²) in [4.78, 5) is 1.92. The molecule has 0 radical (unpaired) electrons. The molecule has 0 aliphatic rings. The summed E-state index contributed by atoms with van der Waals surface area (Å²) in [5, 5.41) is 8.49. The third-order valence-corrected chi connectivity index (χ3v) is 2.90. The zero-order valence-electron chi connectivity index (χ0n) is 8.19. The van der Waals surface area contributed by atoms with Gasteiger partial charge in [0.2, 0.25) is 5.88 Å². The van der Waals surface area contributed by atoms with Crippen LogP contribution < -0.4 is 10.5 Å². The molecule has 0 bridgehead atoms. The molecule has 0 fully saturated rings. The Balaban J connectivity index is 3.55. The van der Waals surface area contributed by atoms with Crippen molar-refractivity contribution in [3.63, 3.8) is 0 Å². The van der Waals surface area contributed by atoms with Crippen LogP contribution in [0, 0.1) is 11.3 Å². The Morgan fingerprint density at radius 1 is 1.50 bits per heavy atom. The zero-order chi connectivity index (χ0) is 14.1. The molecule has 1 aromatic heterocycles. The lowest BCUT2D eigenvalue weighted by molar-refractivity contribution is -0.277. The van der Waals surface area contributed by atoms with Crippen LogP contribution in [0.25, 0.3) is 0 Å². The number of nitrogens with zero attached hydrogens (tertiary/aromatic N) is 2. The summed E-state index contributed by atoms with van der Waals surface area (Å²) in [5.74, 6) is -1.39. The Kier molecular flexibility index (Phi) is 3.59. The molecule has 0 spiro atoms. The molecule has 11 heteroatoms. The second kappa shape index (κ2) is 4.51. The summed E-state index contributed by atoms with van der Waals surface area (Å²) in [5.41, 5.74) is 3.98. The highest BCUT2D eigenvalue weighted by Crippen LogP contribution is 2.34. The quantitative estimate of drug-likeness (QED) is 0.827. The Morgan fingerprint density at radius 2 is 2.06 bits per heavy atom.